The van der Waals surface area contributed by atoms with Crippen LogP contribution in [-0.2, 0) is 9.59 Å². The standard InChI is InChI=1S/C16H22N2O3/c1-12-6-7-17(13(11-12)14-3-2-10-21-14)8-9-18-15(19)4-5-16(18)20/h2-3,10,12-13H,4-9,11H2,1H3. The second-order valence-corrected chi connectivity index (χ2v) is 6.14. The van der Waals surface area contributed by atoms with Crippen LogP contribution in [0, 0.1) is 5.92 Å². The molecule has 0 saturated carbocycles. The Morgan fingerprint density at radius 2 is 2.00 bits per heavy atom. The highest BCUT2D eigenvalue weighted by molar-refractivity contribution is 6.01. The second kappa shape index (κ2) is 6.02. The molecule has 0 spiro atoms. The number of nitrogens with zero attached hydrogens (tertiary/aromatic N) is 2. The van der Waals surface area contributed by atoms with E-state index in [-0.39, 0.29) is 17.9 Å². The first kappa shape index (κ1) is 14.3. The molecule has 114 valence electrons. The summed E-state index contributed by atoms with van der Waals surface area (Å²) >= 11 is 0. The monoisotopic (exact) mass is 290 g/mol. The van der Waals surface area contributed by atoms with Crippen molar-refractivity contribution in [3.05, 3.63) is 24.2 Å². The highest BCUT2D eigenvalue weighted by Gasteiger charge is 2.32. The molecule has 0 bridgehead atoms. The van der Waals surface area contributed by atoms with Crippen molar-refractivity contribution in [2.24, 2.45) is 5.92 Å². The molecule has 0 aromatic carbocycles. The van der Waals surface area contributed by atoms with Crippen LogP contribution in [0.15, 0.2) is 22.8 Å². The largest absolute Gasteiger partial charge is 0.468 e. The molecule has 1 aromatic rings. The number of rotatable bonds is 4. The topological polar surface area (TPSA) is 53.8 Å². The van der Waals surface area contributed by atoms with Crippen LogP contribution in [0.1, 0.15) is 44.4 Å². The van der Waals surface area contributed by atoms with Gasteiger partial charge in [0.25, 0.3) is 0 Å². The van der Waals surface area contributed by atoms with Crippen molar-refractivity contribution in [1.82, 2.24) is 9.80 Å². The summed E-state index contributed by atoms with van der Waals surface area (Å²) in [6.45, 7) is 4.49. The van der Waals surface area contributed by atoms with Gasteiger partial charge >= 0.3 is 0 Å². The van der Waals surface area contributed by atoms with Gasteiger partial charge in [-0.25, -0.2) is 0 Å². The van der Waals surface area contributed by atoms with Gasteiger partial charge in [-0.15, -0.1) is 0 Å². The first-order valence-corrected chi connectivity index (χ1v) is 7.76. The fourth-order valence-corrected chi connectivity index (χ4v) is 3.34. The lowest BCUT2D eigenvalue weighted by atomic mass is 9.91. The molecule has 2 aliphatic rings. The number of carbonyl (C=O) groups excluding carboxylic acids is 2. The van der Waals surface area contributed by atoms with Gasteiger partial charge in [-0.2, -0.15) is 0 Å². The minimum atomic E-state index is -0.0278. The molecule has 5 heteroatoms. The Balaban J connectivity index is 1.65. The second-order valence-electron chi connectivity index (χ2n) is 6.14. The van der Waals surface area contributed by atoms with Crippen molar-refractivity contribution in [1.29, 1.82) is 0 Å². The van der Waals surface area contributed by atoms with Crippen LogP contribution in [0.5, 0.6) is 0 Å². The molecule has 2 unspecified atom stereocenters. The van der Waals surface area contributed by atoms with Gasteiger partial charge in [0, 0.05) is 25.9 Å². The molecule has 5 nitrogen and oxygen atoms in total. The fraction of sp³-hybridized carbons (Fsp3) is 0.625. The molecule has 1 aromatic heterocycles. The van der Waals surface area contributed by atoms with Crippen molar-refractivity contribution in [2.45, 2.75) is 38.6 Å². The first-order valence-electron chi connectivity index (χ1n) is 7.76. The van der Waals surface area contributed by atoms with E-state index in [4.69, 9.17) is 4.42 Å². The molecule has 0 N–H and O–H groups in total. The average Bonchev–Trinajstić information content (AvgIpc) is 3.09. The number of piperidine rings is 1. The Hall–Kier alpha value is -1.62. The first-order chi connectivity index (χ1) is 10.1. The Labute approximate surface area is 124 Å². The Morgan fingerprint density at radius 1 is 1.24 bits per heavy atom. The summed E-state index contributed by atoms with van der Waals surface area (Å²) in [7, 11) is 0. The zero-order chi connectivity index (χ0) is 14.8. The van der Waals surface area contributed by atoms with Gasteiger partial charge in [-0.1, -0.05) is 6.92 Å². The molecule has 2 aliphatic heterocycles. The van der Waals surface area contributed by atoms with Crippen LogP contribution in [0.25, 0.3) is 0 Å². The van der Waals surface area contributed by atoms with Crippen LogP contribution in [-0.4, -0.2) is 41.2 Å². The van der Waals surface area contributed by atoms with E-state index < -0.39 is 0 Å². The molecule has 0 radical (unpaired) electrons. The van der Waals surface area contributed by atoms with Crippen LogP contribution < -0.4 is 0 Å². The third-order valence-electron chi connectivity index (χ3n) is 4.61. The molecule has 2 fully saturated rings. The van der Waals surface area contributed by atoms with E-state index in [1.807, 2.05) is 12.1 Å². The van der Waals surface area contributed by atoms with Gasteiger partial charge in [0.2, 0.25) is 11.8 Å². The zero-order valence-corrected chi connectivity index (χ0v) is 12.5. The molecule has 3 heterocycles. The van der Waals surface area contributed by atoms with Crippen LogP contribution >= 0.6 is 0 Å². The molecule has 3 rings (SSSR count). The molecular weight excluding hydrogens is 268 g/mol. The number of imide groups is 1. The number of hydrogen-bond donors (Lipinski definition) is 0. The van der Waals surface area contributed by atoms with Gasteiger partial charge in [0.15, 0.2) is 0 Å². The maximum atomic E-state index is 11.7. The van der Waals surface area contributed by atoms with E-state index in [1.165, 1.54) is 4.90 Å². The third kappa shape index (κ3) is 3.02. The normalized spacial score (nSPS) is 27.6. The van der Waals surface area contributed by atoms with E-state index in [9.17, 15) is 9.59 Å². The van der Waals surface area contributed by atoms with E-state index in [1.54, 1.807) is 6.26 Å². The van der Waals surface area contributed by atoms with Crippen molar-refractivity contribution >= 4 is 11.8 Å². The highest BCUT2D eigenvalue weighted by Crippen LogP contribution is 2.34. The lowest BCUT2D eigenvalue weighted by Gasteiger charge is -2.38. The lowest BCUT2D eigenvalue weighted by Crippen LogP contribution is -2.42. The van der Waals surface area contributed by atoms with Gasteiger partial charge < -0.3 is 4.42 Å². The summed E-state index contributed by atoms with van der Waals surface area (Å²) in [6.07, 6.45) is 4.67. The van der Waals surface area contributed by atoms with E-state index in [0.29, 0.717) is 25.3 Å². The van der Waals surface area contributed by atoms with E-state index >= 15 is 0 Å². The van der Waals surface area contributed by atoms with Gasteiger partial charge in [0.05, 0.1) is 12.3 Å². The van der Waals surface area contributed by atoms with Gasteiger partial charge in [-0.3, -0.25) is 19.4 Å². The number of likely N-dealkylation sites (tertiary alicyclic amines) is 2. The molecular formula is C16H22N2O3. The van der Waals surface area contributed by atoms with Crippen LogP contribution in [0.2, 0.25) is 0 Å². The quantitative estimate of drug-likeness (QED) is 0.798. The summed E-state index contributed by atoms with van der Waals surface area (Å²) in [5.74, 6) is 1.60. The van der Waals surface area contributed by atoms with Gasteiger partial charge in [-0.05, 0) is 37.4 Å². The molecule has 2 amide bonds. The smallest absolute Gasteiger partial charge is 0.229 e. The molecule has 0 aliphatic carbocycles. The number of carbonyl (C=O) groups is 2. The van der Waals surface area contributed by atoms with Crippen molar-refractivity contribution < 1.29 is 14.0 Å². The summed E-state index contributed by atoms with van der Waals surface area (Å²) in [6, 6.07) is 4.19. The molecule has 2 atom stereocenters. The SMILES string of the molecule is CC1CCN(CCN2C(=O)CCC2=O)C(c2ccco2)C1. The number of furan rings is 1. The van der Waals surface area contributed by atoms with Crippen molar-refractivity contribution in [3.63, 3.8) is 0 Å². The number of amides is 2. The zero-order valence-electron chi connectivity index (χ0n) is 12.5. The lowest BCUT2D eigenvalue weighted by molar-refractivity contribution is -0.138. The Morgan fingerprint density at radius 3 is 2.67 bits per heavy atom. The Bertz CT molecular complexity index is 496. The maximum Gasteiger partial charge on any atom is 0.229 e. The van der Waals surface area contributed by atoms with Crippen molar-refractivity contribution in [2.75, 3.05) is 19.6 Å². The fourth-order valence-electron chi connectivity index (χ4n) is 3.34. The van der Waals surface area contributed by atoms with Crippen LogP contribution in [0.4, 0.5) is 0 Å². The number of hydrogen-bond acceptors (Lipinski definition) is 4. The minimum absolute atomic E-state index is 0.0278. The predicted octanol–water partition coefficient (Wildman–Crippen LogP) is 2.20. The minimum Gasteiger partial charge on any atom is -0.468 e. The van der Waals surface area contributed by atoms with Crippen LogP contribution in [0.3, 0.4) is 0 Å². The van der Waals surface area contributed by atoms with E-state index in [2.05, 4.69) is 11.8 Å². The third-order valence-corrected chi connectivity index (χ3v) is 4.61. The maximum absolute atomic E-state index is 11.7. The molecule has 2 saturated heterocycles. The summed E-state index contributed by atoms with van der Waals surface area (Å²) < 4.78 is 5.58. The predicted molar refractivity (Wildman–Crippen MR) is 77.4 cm³/mol. The molecule has 21 heavy (non-hydrogen) atoms. The highest BCUT2D eigenvalue weighted by atomic mass is 16.3. The summed E-state index contributed by atoms with van der Waals surface area (Å²) in [5, 5.41) is 0. The summed E-state index contributed by atoms with van der Waals surface area (Å²) in [5.41, 5.74) is 0. The average molecular weight is 290 g/mol. The van der Waals surface area contributed by atoms with Crippen molar-refractivity contribution in [3.8, 4) is 0 Å². The Kier molecular flexibility index (Phi) is 4.10. The van der Waals surface area contributed by atoms with Gasteiger partial charge in [0.1, 0.15) is 5.76 Å². The van der Waals surface area contributed by atoms with E-state index in [0.717, 1.165) is 31.7 Å². The summed E-state index contributed by atoms with van der Waals surface area (Å²) in [4.78, 5) is 27.1.